The fraction of sp³-hybridized carbons (Fsp3) is 0.267. The number of anilines is 1. The largest absolute Gasteiger partial charge is 0.467 e. The minimum Gasteiger partial charge on any atom is -0.467 e. The summed E-state index contributed by atoms with van der Waals surface area (Å²) >= 11 is 0. The highest BCUT2D eigenvalue weighted by Gasteiger charge is 2.17. The molecule has 1 N–H and O–H groups in total. The first-order valence-corrected chi connectivity index (χ1v) is 6.76. The summed E-state index contributed by atoms with van der Waals surface area (Å²) in [5.41, 5.74) is 1.52. The van der Waals surface area contributed by atoms with E-state index in [1.54, 1.807) is 26.0 Å². The third-order valence-corrected chi connectivity index (χ3v) is 3.18. The molecular weight excluding hydrogens is 288 g/mol. The number of benzene rings is 1. The van der Waals surface area contributed by atoms with E-state index in [9.17, 15) is 14.9 Å². The summed E-state index contributed by atoms with van der Waals surface area (Å²) in [6.07, 6.45) is 1.41. The lowest BCUT2D eigenvalue weighted by molar-refractivity contribution is -0.385. The van der Waals surface area contributed by atoms with Crippen LogP contribution < -0.4 is 5.32 Å². The van der Waals surface area contributed by atoms with Gasteiger partial charge in [0.2, 0.25) is 0 Å². The van der Waals surface area contributed by atoms with E-state index in [0.717, 1.165) is 0 Å². The number of nitrogens with one attached hydrogen (secondary N) is 1. The van der Waals surface area contributed by atoms with Gasteiger partial charge in [0, 0.05) is 17.3 Å². The van der Waals surface area contributed by atoms with Gasteiger partial charge in [0.05, 0.1) is 24.3 Å². The molecule has 0 amide bonds. The van der Waals surface area contributed by atoms with Gasteiger partial charge in [-0.1, -0.05) is 6.07 Å². The molecule has 1 aromatic carbocycles. The summed E-state index contributed by atoms with van der Waals surface area (Å²) in [6.45, 7) is 3.89. The van der Waals surface area contributed by atoms with Crippen molar-refractivity contribution in [2.24, 2.45) is 0 Å². The number of furan rings is 1. The van der Waals surface area contributed by atoms with Gasteiger partial charge >= 0.3 is 5.97 Å². The molecule has 2 aromatic rings. The summed E-state index contributed by atoms with van der Waals surface area (Å²) in [5.74, 6) is -0.0341. The zero-order valence-electron chi connectivity index (χ0n) is 12.3. The van der Waals surface area contributed by atoms with Gasteiger partial charge in [-0.15, -0.1) is 0 Å². The van der Waals surface area contributed by atoms with Crippen molar-refractivity contribution in [3.05, 3.63) is 57.5 Å². The Morgan fingerprint density at radius 3 is 2.86 bits per heavy atom. The molecular formula is C15H16N2O5. The normalized spacial score (nSPS) is 10.3. The fourth-order valence-electron chi connectivity index (χ4n) is 2.06. The molecule has 0 unspecified atom stereocenters. The SMILES string of the molecule is CCOC(=O)c1ccoc1CNc1cccc([N+](=O)[O-])c1C. The van der Waals surface area contributed by atoms with E-state index in [0.29, 0.717) is 22.6 Å². The molecule has 0 aliphatic carbocycles. The first-order chi connectivity index (χ1) is 10.5. The molecule has 7 heteroatoms. The highest BCUT2D eigenvalue weighted by molar-refractivity contribution is 5.90. The molecule has 116 valence electrons. The lowest BCUT2D eigenvalue weighted by Crippen LogP contribution is -2.09. The first kappa shape index (κ1) is 15.6. The van der Waals surface area contributed by atoms with Crippen LogP contribution in [0.25, 0.3) is 0 Å². The molecule has 0 atom stereocenters. The van der Waals surface area contributed by atoms with Gasteiger partial charge in [0.1, 0.15) is 11.3 Å². The van der Waals surface area contributed by atoms with Gasteiger partial charge < -0.3 is 14.5 Å². The Morgan fingerprint density at radius 2 is 2.18 bits per heavy atom. The molecule has 0 aliphatic rings. The maximum absolute atomic E-state index is 11.7. The minimum absolute atomic E-state index is 0.0371. The third-order valence-electron chi connectivity index (χ3n) is 3.18. The second-order valence-corrected chi connectivity index (χ2v) is 4.54. The Balaban J connectivity index is 2.15. The average molecular weight is 304 g/mol. The monoisotopic (exact) mass is 304 g/mol. The van der Waals surface area contributed by atoms with Gasteiger partial charge in [-0.2, -0.15) is 0 Å². The lowest BCUT2D eigenvalue weighted by atomic mass is 10.1. The Labute approximate surface area is 127 Å². The second kappa shape index (κ2) is 6.75. The number of esters is 1. The molecule has 1 heterocycles. The van der Waals surface area contributed by atoms with Crippen molar-refractivity contribution in [3.8, 4) is 0 Å². The summed E-state index contributed by atoms with van der Waals surface area (Å²) in [7, 11) is 0. The van der Waals surface area contributed by atoms with Crippen LogP contribution in [-0.4, -0.2) is 17.5 Å². The van der Waals surface area contributed by atoms with Crippen LogP contribution in [0.5, 0.6) is 0 Å². The van der Waals surface area contributed by atoms with Gasteiger partial charge in [-0.25, -0.2) is 4.79 Å². The zero-order chi connectivity index (χ0) is 16.1. The summed E-state index contributed by atoms with van der Waals surface area (Å²) < 4.78 is 10.2. The highest BCUT2D eigenvalue weighted by Crippen LogP contribution is 2.26. The van der Waals surface area contributed by atoms with Gasteiger partial charge in [-0.05, 0) is 26.0 Å². The van der Waals surface area contributed by atoms with Crippen LogP contribution >= 0.6 is 0 Å². The maximum atomic E-state index is 11.7. The number of carbonyl (C=O) groups is 1. The van der Waals surface area contributed by atoms with Crippen LogP contribution in [0, 0.1) is 17.0 Å². The third kappa shape index (κ3) is 3.25. The summed E-state index contributed by atoms with van der Waals surface area (Å²) in [6, 6.07) is 6.31. The van der Waals surface area contributed by atoms with Crippen LogP contribution in [0.2, 0.25) is 0 Å². The fourth-order valence-corrected chi connectivity index (χ4v) is 2.06. The smallest absolute Gasteiger partial charge is 0.341 e. The van der Waals surface area contributed by atoms with E-state index in [2.05, 4.69) is 5.32 Å². The molecule has 0 fully saturated rings. The molecule has 22 heavy (non-hydrogen) atoms. The molecule has 0 spiro atoms. The Morgan fingerprint density at radius 1 is 1.41 bits per heavy atom. The average Bonchev–Trinajstić information content (AvgIpc) is 2.94. The predicted octanol–water partition coefficient (Wildman–Crippen LogP) is 3.29. The maximum Gasteiger partial charge on any atom is 0.341 e. The molecule has 2 rings (SSSR count). The number of carbonyl (C=O) groups excluding carboxylic acids is 1. The van der Waals surface area contributed by atoms with E-state index in [-0.39, 0.29) is 18.8 Å². The van der Waals surface area contributed by atoms with Gasteiger partial charge in [0.15, 0.2) is 0 Å². The number of nitro groups is 1. The lowest BCUT2D eigenvalue weighted by Gasteiger charge is -2.09. The molecule has 0 saturated carbocycles. The van der Waals surface area contributed by atoms with Gasteiger partial charge in [-0.3, -0.25) is 10.1 Å². The van der Waals surface area contributed by atoms with Crippen molar-refractivity contribution in [1.29, 1.82) is 0 Å². The number of hydrogen-bond acceptors (Lipinski definition) is 6. The zero-order valence-corrected chi connectivity index (χ0v) is 12.3. The molecule has 1 aromatic heterocycles. The van der Waals surface area contributed by atoms with Crippen LogP contribution in [0.15, 0.2) is 34.9 Å². The molecule has 7 nitrogen and oxygen atoms in total. The van der Waals surface area contributed by atoms with Crippen molar-refractivity contribution in [3.63, 3.8) is 0 Å². The molecule has 0 aliphatic heterocycles. The number of hydrogen-bond donors (Lipinski definition) is 1. The quantitative estimate of drug-likeness (QED) is 0.500. The van der Waals surface area contributed by atoms with E-state index in [4.69, 9.17) is 9.15 Å². The van der Waals surface area contributed by atoms with Gasteiger partial charge in [0.25, 0.3) is 5.69 Å². The molecule has 0 bridgehead atoms. The standard InChI is InChI=1S/C15H16N2O5/c1-3-21-15(18)11-7-8-22-14(11)9-16-12-5-4-6-13(10(12)2)17(19)20/h4-8,16H,3,9H2,1-2H3. The van der Waals surface area contributed by atoms with E-state index >= 15 is 0 Å². The Kier molecular flexibility index (Phi) is 4.77. The topological polar surface area (TPSA) is 94.6 Å². The second-order valence-electron chi connectivity index (χ2n) is 4.54. The first-order valence-electron chi connectivity index (χ1n) is 6.76. The summed E-state index contributed by atoms with van der Waals surface area (Å²) in [5, 5.41) is 14.0. The van der Waals surface area contributed by atoms with Crippen molar-refractivity contribution in [2.75, 3.05) is 11.9 Å². The van der Waals surface area contributed by atoms with Crippen LogP contribution in [0.1, 0.15) is 28.6 Å². The number of ether oxygens (including phenoxy) is 1. The number of nitro benzene ring substituents is 1. The van der Waals surface area contributed by atoms with Crippen molar-refractivity contribution < 1.29 is 18.9 Å². The minimum atomic E-state index is -0.455. The van der Waals surface area contributed by atoms with E-state index < -0.39 is 10.9 Å². The van der Waals surface area contributed by atoms with Crippen LogP contribution in [0.3, 0.4) is 0 Å². The van der Waals surface area contributed by atoms with Crippen molar-refractivity contribution in [2.45, 2.75) is 20.4 Å². The van der Waals surface area contributed by atoms with E-state index in [1.165, 1.54) is 18.4 Å². The molecule has 0 saturated heterocycles. The van der Waals surface area contributed by atoms with Crippen LogP contribution in [0.4, 0.5) is 11.4 Å². The predicted molar refractivity (Wildman–Crippen MR) is 79.8 cm³/mol. The van der Waals surface area contributed by atoms with Crippen molar-refractivity contribution >= 4 is 17.3 Å². The molecule has 0 radical (unpaired) electrons. The van der Waals surface area contributed by atoms with Crippen molar-refractivity contribution in [1.82, 2.24) is 0 Å². The Hall–Kier alpha value is -2.83. The van der Waals surface area contributed by atoms with E-state index in [1.807, 2.05) is 0 Å². The Bertz CT molecular complexity index is 693. The number of rotatable bonds is 6. The van der Waals surface area contributed by atoms with Crippen LogP contribution in [-0.2, 0) is 11.3 Å². The highest BCUT2D eigenvalue weighted by atomic mass is 16.6. The number of nitrogens with zero attached hydrogens (tertiary/aromatic N) is 1. The summed E-state index contributed by atoms with van der Waals surface area (Å²) in [4.78, 5) is 22.2.